The predicted octanol–water partition coefficient (Wildman–Crippen LogP) is 9.01. The van der Waals surface area contributed by atoms with Crippen molar-refractivity contribution in [3.05, 3.63) is 121 Å². The van der Waals surface area contributed by atoms with E-state index >= 15 is 0 Å². The molecule has 0 amide bonds. The smallest absolute Gasteiger partial charge is 0.148 e. The van der Waals surface area contributed by atoms with Crippen LogP contribution in [0.25, 0.3) is 39.5 Å². The third kappa shape index (κ3) is 5.18. The molecule has 5 nitrogen and oxygen atoms in total. The lowest BCUT2D eigenvalue weighted by atomic mass is 9.88. The van der Waals surface area contributed by atoms with Gasteiger partial charge in [-0.05, 0) is 70.5 Å². The monoisotopic (exact) mass is 557 g/mol. The van der Waals surface area contributed by atoms with Crippen molar-refractivity contribution in [1.82, 2.24) is 14.5 Å². The summed E-state index contributed by atoms with van der Waals surface area (Å²) >= 11 is 0. The largest absolute Gasteiger partial charge is 0.507 e. The van der Waals surface area contributed by atoms with Crippen molar-refractivity contribution in [3.63, 3.8) is 0 Å². The van der Waals surface area contributed by atoms with Gasteiger partial charge in [0, 0.05) is 40.9 Å². The van der Waals surface area contributed by atoms with Crippen molar-refractivity contribution in [1.29, 1.82) is 0 Å². The van der Waals surface area contributed by atoms with Gasteiger partial charge >= 0.3 is 0 Å². The van der Waals surface area contributed by atoms with E-state index in [0.29, 0.717) is 11.4 Å². The molecule has 0 spiro atoms. The second kappa shape index (κ2) is 11.2. The van der Waals surface area contributed by atoms with Gasteiger partial charge in [0.15, 0.2) is 0 Å². The molecule has 0 radical (unpaired) electrons. The number of phenolic OH excluding ortho intramolecular Hbond substituents is 1. The topological polar surface area (TPSA) is 44.5 Å². The van der Waals surface area contributed by atoms with Crippen LogP contribution in [0.15, 0.2) is 110 Å². The lowest BCUT2D eigenvalue weighted by Gasteiger charge is -2.24. The summed E-state index contributed by atoms with van der Waals surface area (Å²) in [6.45, 7) is 6.89. The zero-order valence-corrected chi connectivity index (χ0v) is 24.5. The van der Waals surface area contributed by atoms with Gasteiger partial charge in [0.1, 0.15) is 11.6 Å². The maximum Gasteiger partial charge on any atom is 0.148 e. The number of benzene rings is 4. The Morgan fingerprint density at radius 2 is 1.45 bits per heavy atom. The van der Waals surface area contributed by atoms with Gasteiger partial charge in [-0.1, -0.05) is 82.3 Å². The Bertz CT molecular complexity index is 1830. The molecule has 1 aliphatic rings. The Kier molecular flexibility index (Phi) is 6.40. The summed E-state index contributed by atoms with van der Waals surface area (Å²) in [6.07, 6.45) is 5.45. The van der Waals surface area contributed by atoms with Gasteiger partial charge in [-0.25, -0.2) is 4.98 Å². The molecule has 2 heterocycles. The molecule has 1 aliphatic heterocycles. The van der Waals surface area contributed by atoms with Crippen LogP contribution in [0.5, 0.6) is 5.75 Å². The van der Waals surface area contributed by atoms with Crippen LogP contribution in [0.1, 0.15) is 54.8 Å². The Labute approximate surface area is 253 Å². The first-order valence-corrected chi connectivity index (χ1v) is 14.4. The molecule has 0 atom stereocenters. The Morgan fingerprint density at radius 1 is 0.762 bits per heavy atom. The molecule has 1 N–H and O–H groups in total. The highest BCUT2D eigenvalue weighted by atomic mass is 16.3. The summed E-state index contributed by atoms with van der Waals surface area (Å²) in [5.74, 6) is 1.25. The fourth-order valence-electron chi connectivity index (χ4n) is 5.61. The zero-order valence-electron chi connectivity index (χ0n) is 27.5. The summed E-state index contributed by atoms with van der Waals surface area (Å²) in [7, 11) is 0. The molecule has 0 saturated heterocycles. The number of rotatable bonds is 7. The van der Waals surface area contributed by atoms with Crippen LogP contribution in [0.3, 0.4) is 0 Å². The summed E-state index contributed by atoms with van der Waals surface area (Å²) < 4.78 is 25.5. The summed E-state index contributed by atoms with van der Waals surface area (Å²) in [4.78, 5) is 8.40. The first-order valence-electron chi connectivity index (χ1n) is 15.9. The quantitative estimate of drug-likeness (QED) is 0.217. The molecule has 0 fully saturated rings. The van der Waals surface area contributed by atoms with Crippen LogP contribution >= 0.6 is 0 Å². The van der Waals surface area contributed by atoms with Crippen LogP contribution in [-0.4, -0.2) is 33.2 Å². The number of nitrogens with zero attached hydrogens (tertiary/aromatic N) is 4. The highest BCUT2D eigenvalue weighted by Crippen LogP contribution is 2.40. The summed E-state index contributed by atoms with van der Waals surface area (Å²) in [5, 5.41) is 11.0. The molecule has 6 rings (SSSR count). The third-order valence-corrected chi connectivity index (χ3v) is 7.82. The van der Waals surface area contributed by atoms with Gasteiger partial charge in [0.05, 0.1) is 23.6 Å². The molecule has 1 aromatic heterocycles. The van der Waals surface area contributed by atoms with Crippen LogP contribution in [-0.2, 0) is 0 Å². The third-order valence-electron chi connectivity index (χ3n) is 7.82. The number of imidazole rings is 1. The lowest BCUT2D eigenvalue weighted by molar-refractivity contribution is 0.477. The maximum absolute atomic E-state index is 11.0. The fraction of sp³-hybridized carbons (Fsp3) is 0.216. The molecule has 42 heavy (non-hydrogen) atoms. The van der Waals surface area contributed by atoms with Crippen molar-refractivity contribution in [2.75, 3.05) is 18.5 Å². The molecule has 0 unspecified atom stereocenters. The fourth-order valence-corrected chi connectivity index (χ4v) is 5.61. The number of phenols is 1. The standard InChI is InChI=1S/C37H38N4O/c1-25(2)32-21-29(27-12-7-6-8-13-27)22-33(26(3)4)36(32)41-23-34(38-37(41)31-16-9-10-17-35(31)42)28-14-11-15-30(20-28)40-19-18-39(5)24-40/h6-23,25-26,42H,24H2,1-5H3/i5D3. The van der Waals surface area contributed by atoms with Crippen molar-refractivity contribution in [3.8, 4) is 45.2 Å². The van der Waals surface area contributed by atoms with Crippen molar-refractivity contribution in [2.24, 2.45) is 0 Å². The van der Waals surface area contributed by atoms with Gasteiger partial charge in [0.2, 0.25) is 0 Å². The number of hydrogen-bond acceptors (Lipinski definition) is 4. The van der Waals surface area contributed by atoms with Crippen LogP contribution in [0, 0.1) is 0 Å². The van der Waals surface area contributed by atoms with E-state index in [1.807, 2.05) is 53.4 Å². The average Bonchev–Trinajstić information content (AvgIpc) is 3.70. The van der Waals surface area contributed by atoms with Crippen LogP contribution in [0.4, 0.5) is 5.69 Å². The Morgan fingerprint density at radius 3 is 2.12 bits per heavy atom. The molecule has 0 aliphatic carbocycles. The van der Waals surface area contributed by atoms with Gasteiger partial charge in [-0.3, -0.25) is 4.57 Å². The molecule has 5 aromatic rings. The predicted molar refractivity (Wildman–Crippen MR) is 174 cm³/mol. The molecular weight excluding hydrogens is 516 g/mol. The molecular formula is C37H38N4O. The second-order valence-electron chi connectivity index (χ2n) is 11.4. The van der Waals surface area contributed by atoms with Gasteiger partial charge in [0.25, 0.3) is 0 Å². The van der Waals surface area contributed by atoms with E-state index in [-0.39, 0.29) is 24.3 Å². The minimum atomic E-state index is -2.20. The first-order chi connectivity index (χ1) is 21.5. The number of aromatic nitrogens is 2. The zero-order chi connectivity index (χ0) is 31.9. The van der Waals surface area contributed by atoms with Gasteiger partial charge in [-0.15, -0.1) is 0 Å². The SMILES string of the molecule is [2H]C([2H])([2H])N1C=CN(c2cccc(-c3cn(-c4c(C(C)C)cc(-c5ccccc5)cc4C(C)C)c(-c4ccccc4O)n3)c2)C1. The Hall–Kier alpha value is -4.77. The van der Waals surface area contributed by atoms with Crippen LogP contribution in [0.2, 0.25) is 0 Å². The molecule has 0 bridgehead atoms. The minimum absolute atomic E-state index is 0.162. The van der Waals surface area contributed by atoms with Gasteiger partial charge in [-0.2, -0.15) is 0 Å². The summed E-state index contributed by atoms with van der Waals surface area (Å²) in [6, 6.07) is 30.3. The summed E-state index contributed by atoms with van der Waals surface area (Å²) in [5.41, 5.74) is 8.97. The maximum atomic E-state index is 11.0. The van der Waals surface area contributed by atoms with E-state index in [2.05, 4.69) is 74.9 Å². The normalized spacial score (nSPS) is 14.5. The van der Waals surface area contributed by atoms with E-state index in [0.717, 1.165) is 22.6 Å². The van der Waals surface area contributed by atoms with Crippen molar-refractivity contribution < 1.29 is 9.22 Å². The Balaban J connectivity index is 1.54. The minimum Gasteiger partial charge on any atom is -0.507 e. The number of para-hydroxylation sites is 1. The lowest BCUT2D eigenvalue weighted by Crippen LogP contribution is -2.21. The molecule has 212 valence electrons. The number of aromatic hydroxyl groups is 1. The second-order valence-corrected chi connectivity index (χ2v) is 11.4. The van der Waals surface area contributed by atoms with E-state index in [1.54, 1.807) is 18.5 Å². The van der Waals surface area contributed by atoms with Crippen molar-refractivity contribution >= 4 is 5.69 Å². The van der Waals surface area contributed by atoms with E-state index in [1.165, 1.54) is 27.2 Å². The van der Waals surface area contributed by atoms with Gasteiger partial charge < -0.3 is 14.9 Å². The molecule has 5 heteroatoms. The number of hydrogen-bond donors (Lipinski definition) is 1. The average molecular weight is 558 g/mol. The van der Waals surface area contributed by atoms with Crippen LogP contribution < -0.4 is 4.90 Å². The molecule has 0 saturated carbocycles. The van der Waals surface area contributed by atoms with E-state index in [4.69, 9.17) is 9.10 Å². The van der Waals surface area contributed by atoms with E-state index in [9.17, 15) is 5.11 Å². The van der Waals surface area contributed by atoms with Crippen molar-refractivity contribution in [2.45, 2.75) is 39.5 Å². The highest BCUT2D eigenvalue weighted by molar-refractivity contribution is 5.76. The first kappa shape index (κ1) is 23.9. The number of anilines is 1. The van der Waals surface area contributed by atoms with E-state index < -0.39 is 6.98 Å². The highest BCUT2D eigenvalue weighted by Gasteiger charge is 2.24. The molecule has 4 aromatic carbocycles.